The summed E-state index contributed by atoms with van der Waals surface area (Å²) in [7, 11) is 0. The molecule has 2 heterocycles. The third kappa shape index (κ3) is 2.59. The molecular formula is C16H17ClN2OS. The average molecular weight is 321 g/mol. The second-order valence-corrected chi connectivity index (χ2v) is 6.36. The number of halogens is 1. The number of thiophene rings is 1. The van der Waals surface area contributed by atoms with E-state index in [-0.39, 0.29) is 0 Å². The Hall–Kier alpha value is -1.36. The Kier molecular flexibility index (Phi) is 4.02. The van der Waals surface area contributed by atoms with Gasteiger partial charge >= 0.3 is 0 Å². The topological polar surface area (TPSA) is 38.0 Å². The zero-order valence-electron chi connectivity index (χ0n) is 12.0. The van der Waals surface area contributed by atoms with Crippen molar-refractivity contribution in [3.05, 3.63) is 51.6 Å². The fourth-order valence-electron chi connectivity index (χ4n) is 2.61. The van der Waals surface area contributed by atoms with Gasteiger partial charge in [-0.3, -0.25) is 4.68 Å². The maximum atomic E-state index is 10.6. The highest BCUT2D eigenvalue weighted by Gasteiger charge is 2.19. The lowest BCUT2D eigenvalue weighted by molar-refractivity contribution is 0.177. The Morgan fingerprint density at radius 1 is 1.38 bits per heavy atom. The van der Waals surface area contributed by atoms with Gasteiger partial charge in [-0.1, -0.05) is 29.8 Å². The number of aliphatic hydroxyl groups is 1. The van der Waals surface area contributed by atoms with Gasteiger partial charge in [-0.25, -0.2) is 0 Å². The Bertz CT molecular complexity index is 778. The highest BCUT2D eigenvalue weighted by molar-refractivity contribution is 7.17. The molecule has 1 N–H and O–H groups in total. The summed E-state index contributed by atoms with van der Waals surface area (Å²) in [5.41, 5.74) is 2.68. The van der Waals surface area contributed by atoms with Crippen molar-refractivity contribution in [2.75, 3.05) is 0 Å². The molecule has 3 nitrogen and oxygen atoms in total. The van der Waals surface area contributed by atoms with E-state index in [9.17, 15) is 5.11 Å². The normalized spacial score (nSPS) is 13.0. The summed E-state index contributed by atoms with van der Waals surface area (Å²) in [5.74, 6) is 0. The van der Waals surface area contributed by atoms with Crippen molar-refractivity contribution < 1.29 is 5.11 Å². The summed E-state index contributed by atoms with van der Waals surface area (Å²) in [6.07, 6.45) is -0.0890. The number of hydrogen-bond acceptors (Lipinski definition) is 3. The minimum Gasteiger partial charge on any atom is -0.388 e. The fourth-order valence-corrected chi connectivity index (χ4v) is 3.83. The van der Waals surface area contributed by atoms with Crippen LogP contribution in [0.3, 0.4) is 0 Å². The molecule has 0 aliphatic heterocycles. The lowest BCUT2D eigenvalue weighted by Crippen LogP contribution is -2.08. The van der Waals surface area contributed by atoms with Crippen LogP contribution in [0.5, 0.6) is 0 Å². The van der Waals surface area contributed by atoms with Gasteiger partial charge in [0.1, 0.15) is 0 Å². The molecule has 21 heavy (non-hydrogen) atoms. The van der Waals surface area contributed by atoms with Crippen LogP contribution in [0.25, 0.3) is 10.1 Å². The Morgan fingerprint density at radius 2 is 2.14 bits per heavy atom. The van der Waals surface area contributed by atoms with E-state index < -0.39 is 6.10 Å². The van der Waals surface area contributed by atoms with Crippen LogP contribution in [0.1, 0.15) is 30.0 Å². The molecule has 110 valence electrons. The number of rotatable bonds is 4. The van der Waals surface area contributed by atoms with E-state index >= 15 is 0 Å². The van der Waals surface area contributed by atoms with Crippen molar-refractivity contribution in [2.24, 2.45) is 0 Å². The molecule has 1 aromatic carbocycles. The molecule has 3 aromatic rings. The van der Waals surface area contributed by atoms with E-state index in [2.05, 4.69) is 11.2 Å². The monoisotopic (exact) mass is 320 g/mol. The van der Waals surface area contributed by atoms with Gasteiger partial charge in [-0.15, -0.1) is 11.3 Å². The van der Waals surface area contributed by atoms with E-state index in [1.54, 1.807) is 11.3 Å². The minimum atomic E-state index is -0.569. The molecule has 0 saturated carbocycles. The van der Waals surface area contributed by atoms with E-state index in [4.69, 9.17) is 11.6 Å². The van der Waals surface area contributed by atoms with Crippen LogP contribution < -0.4 is 0 Å². The first-order valence-corrected chi connectivity index (χ1v) is 8.23. The molecular weight excluding hydrogens is 304 g/mol. The van der Waals surface area contributed by atoms with Crippen LogP contribution >= 0.6 is 22.9 Å². The van der Waals surface area contributed by atoms with E-state index in [0.29, 0.717) is 11.4 Å². The van der Waals surface area contributed by atoms with Crippen molar-refractivity contribution in [1.29, 1.82) is 0 Å². The maximum Gasteiger partial charge on any atom is 0.0859 e. The van der Waals surface area contributed by atoms with Crippen LogP contribution in [0.4, 0.5) is 0 Å². The first-order chi connectivity index (χ1) is 10.1. The lowest BCUT2D eigenvalue weighted by atomic mass is 10.0. The summed E-state index contributed by atoms with van der Waals surface area (Å²) >= 11 is 7.98. The second-order valence-electron chi connectivity index (χ2n) is 5.07. The van der Waals surface area contributed by atoms with Crippen LogP contribution in [0.2, 0.25) is 5.02 Å². The number of hydrogen-bond donors (Lipinski definition) is 1. The number of benzene rings is 1. The molecule has 0 spiro atoms. The van der Waals surface area contributed by atoms with E-state index in [0.717, 1.165) is 28.9 Å². The standard InChI is InChI=1S/C16H17ClN2OS/c1-3-19-13(16(17)10(2)18-19)8-14(20)12-9-21-15-7-5-4-6-11(12)15/h4-7,9,14,20H,3,8H2,1-2H3. The van der Waals surface area contributed by atoms with Gasteiger partial charge in [-0.2, -0.15) is 5.10 Å². The zero-order chi connectivity index (χ0) is 15.0. The summed E-state index contributed by atoms with van der Waals surface area (Å²) in [5, 5.41) is 18.8. The first-order valence-electron chi connectivity index (χ1n) is 6.97. The van der Waals surface area contributed by atoms with Crippen LogP contribution in [0, 0.1) is 6.92 Å². The SMILES string of the molecule is CCn1nc(C)c(Cl)c1CC(O)c1csc2ccccc12. The summed E-state index contributed by atoms with van der Waals surface area (Å²) in [6.45, 7) is 4.67. The highest BCUT2D eigenvalue weighted by Crippen LogP contribution is 2.33. The van der Waals surface area contributed by atoms with Crippen molar-refractivity contribution in [2.45, 2.75) is 32.9 Å². The summed E-state index contributed by atoms with van der Waals surface area (Å²) < 4.78 is 3.06. The van der Waals surface area contributed by atoms with Crippen molar-refractivity contribution in [1.82, 2.24) is 9.78 Å². The number of aryl methyl sites for hydroxylation is 2. The molecule has 5 heteroatoms. The Labute approximate surface area is 132 Å². The third-order valence-electron chi connectivity index (χ3n) is 3.71. The van der Waals surface area contributed by atoms with Crippen molar-refractivity contribution in [3.63, 3.8) is 0 Å². The van der Waals surface area contributed by atoms with Crippen molar-refractivity contribution >= 4 is 33.0 Å². The predicted octanol–water partition coefficient (Wildman–Crippen LogP) is 4.36. The summed E-state index contributed by atoms with van der Waals surface area (Å²) in [4.78, 5) is 0. The van der Waals surface area contributed by atoms with Gasteiger partial charge in [0, 0.05) is 17.7 Å². The number of nitrogens with zero attached hydrogens (tertiary/aromatic N) is 2. The highest BCUT2D eigenvalue weighted by atomic mass is 35.5. The Morgan fingerprint density at radius 3 is 2.90 bits per heavy atom. The largest absolute Gasteiger partial charge is 0.388 e. The lowest BCUT2D eigenvalue weighted by Gasteiger charge is -2.12. The number of aromatic nitrogens is 2. The minimum absolute atomic E-state index is 0.480. The molecule has 2 aromatic heterocycles. The molecule has 0 amide bonds. The van der Waals surface area contributed by atoms with E-state index in [1.807, 2.05) is 42.1 Å². The predicted molar refractivity (Wildman–Crippen MR) is 88.1 cm³/mol. The van der Waals surface area contributed by atoms with Crippen LogP contribution in [0.15, 0.2) is 29.6 Å². The Balaban J connectivity index is 1.95. The van der Waals surface area contributed by atoms with Gasteiger partial charge in [0.2, 0.25) is 0 Å². The fraction of sp³-hybridized carbons (Fsp3) is 0.312. The molecule has 1 unspecified atom stereocenters. The van der Waals surface area contributed by atoms with Gasteiger partial charge in [-0.05, 0) is 36.2 Å². The smallest absolute Gasteiger partial charge is 0.0859 e. The molecule has 0 radical (unpaired) electrons. The molecule has 0 aliphatic rings. The first kappa shape index (κ1) is 14.6. The van der Waals surface area contributed by atoms with Gasteiger partial charge in [0.15, 0.2) is 0 Å². The zero-order valence-corrected chi connectivity index (χ0v) is 13.6. The molecule has 0 saturated heterocycles. The molecule has 0 fully saturated rings. The van der Waals surface area contributed by atoms with Crippen LogP contribution in [-0.4, -0.2) is 14.9 Å². The molecule has 1 atom stereocenters. The van der Waals surface area contributed by atoms with E-state index in [1.165, 1.54) is 4.70 Å². The molecule has 0 aliphatic carbocycles. The van der Waals surface area contributed by atoms with Gasteiger partial charge in [0.05, 0.1) is 22.5 Å². The third-order valence-corrected chi connectivity index (χ3v) is 5.18. The van der Waals surface area contributed by atoms with Crippen molar-refractivity contribution in [3.8, 4) is 0 Å². The maximum absolute atomic E-state index is 10.6. The van der Waals surface area contributed by atoms with Gasteiger partial charge < -0.3 is 5.11 Å². The van der Waals surface area contributed by atoms with Gasteiger partial charge in [0.25, 0.3) is 0 Å². The number of aliphatic hydroxyl groups excluding tert-OH is 1. The molecule has 0 bridgehead atoms. The summed E-state index contributed by atoms with van der Waals surface area (Å²) in [6, 6.07) is 8.14. The number of fused-ring (bicyclic) bond motifs is 1. The van der Waals surface area contributed by atoms with Crippen LogP contribution in [-0.2, 0) is 13.0 Å². The second kappa shape index (κ2) is 5.79. The quantitative estimate of drug-likeness (QED) is 0.775. The molecule has 3 rings (SSSR count). The average Bonchev–Trinajstić information content (AvgIpc) is 3.03.